The molecule has 2 aromatic carbocycles. The summed E-state index contributed by atoms with van der Waals surface area (Å²) in [6.45, 7) is 1.54. The minimum absolute atomic E-state index is 0.186. The number of aliphatic hydroxyl groups is 1. The van der Waals surface area contributed by atoms with Crippen LogP contribution in [0.25, 0.3) is 10.9 Å². The molecule has 1 aromatic heterocycles. The van der Waals surface area contributed by atoms with Gasteiger partial charge in [-0.15, -0.1) is 0 Å². The van der Waals surface area contributed by atoms with Crippen LogP contribution in [0.4, 0.5) is 10.1 Å². The van der Waals surface area contributed by atoms with E-state index in [1.807, 2.05) is 18.2 Å². The average molecular weight is 422 g/mol. The summed E-state index contributed by atoms with van der Waals surface area (Å²) in [5, 5.41) is 13.2. The second-order valence-electron chi connectivity index (χ2n) is 7.39. The highest BCUT2D eigenvalue weighted by Crippen LogP contribution is 2.17. The number of fused-ring (bicyclic) bond motifs is 1. The van der Waals surface area contributed by atoms with Crippen LogP contribution in [0.2, 0.25) is 0 Å². The number of para-hydroxylation sites is 1. The fraction of sp³-hybridized carbons (Fsp3) is 0.261. The molecule has 31 heavy (non-hydrogen) atoms. The lowest BCUT2D eigenvalue weighted by Gasteiger charge is -2.37. The van der Waals surface area contributed by atoms with Crippen LogP contribution >= 0.6 is 0 Å². The van der Waals surface area contributed by atoms with Gasteiger partial charge in [0.25, 0.3) is 5.91 Å². The molecular weight excluding hydrogens is 399 g/mol. The molecular formula is C23H23FN4O3. The molecule has 1 atom stereocenters. The summed E-state index contributed by atoms with van der Waals surface area (Å²) in [7, 11) is 0. The Balaban J connectivity index is 1.37. The Labute approximate surface area is 179 Å². The van der Waals surface area contributed by atoms with Crippen molar-refractivity contribution in [1.29, 1.82) is 0 Å². The van der Waals surface area contributed by atoms with Gasteiger partial charge in [0.15, 0.2) is 0 Å². The van der Waals surface area contributed by atoms with Gasteiger partial charge in [0, 0.05) is 37.3 Å². The van der Waals surface area contributed by atoms with Crippen molar-refractivity contribution in [2.75, 3.05) is 37.7 Å². The van der Waals surface area contributed by atoms with Gasteiger partial charge >= 0.3 is 0 Å². The smallest absolute Gasteiger partial charge is 0.270 e. The number of aliphatic hydroxyl groups excluding tert-OH is 1. The quantitative estimate of drug-likeness (QED) is 0.655. The Morgan fingerprint density at radius 1 is 1.00 bits per heavy atom. The van der Waals surface area contributed by atoms with Crippen molar-refractivity contribution in [3.63, 3.8) is 0 Å². The van der Waals surface area contributed by atoms with E-state index in [0.29, 0.717) is 31.7 Å². The first kappa shape index (κ1) is 20.7. The average Bonchev–Trinajstić information content (AvgIpc) is 2.82. The minimum atomic E-state index is -1.04. The summed E-state index contributed by atoms with van der Waals surface area (Å²) in [5.74, 6) is -1.14. The molecule has 0 aliphatic carbocycles. The predicted octanol–water partition coefficient (Wildman–Crippen LogP) is 1.81. The Kier molecular flexibility index (Phi) is 6.08. The molecule has 8 heteroatoms. The molecule has 1 aliphatic rings. The monoisotopic (exact) mass is 422 g/mol. The molecule has 0 spiro atoms. The molecule has 1 saturated heterocycles. The Bertz CT molecular complexity index is 1080. The third-order valence-corrected chi connectivity index (χ3v) is 5.40. The Hall–Kier alpha value is -3.52. The van der Waals surface area contributed by atoms with Crippen molar-refractivity contribution in [1.82, 2.24) is 15.2 Å². The fourth-order valence-electron chi connectivity index (χ4n) is 3.67. The van der Waals surface area contributed by atoms with Gasteiger partial charge in [-0.1, -0.05) is 24.3 Å². The van der Waals surface area contributed by atoms with Crippen LogP contribution in [-0.4, -0.2) is 65.6 Å². The van der Waals surface area contributed by atoms with Crippen LogP contribution < -0.4 is 10.2 Å². The van der Waals surface area contributed by atoms with Gasteiger partial charge in [-0.25, -0.2) is 9.37 Å². The number of hydrogen-bond donors (Lipinski definition) is 2. The first-order chi connectivity index (χ1) is 15.0. The highest BCUT2D eigenvalue weighted by Gasteiger charge is 2.29. The molecule has 0 bridgehead atoms. The number of anilines is 1. The summed E-state index contributed by atoms with van der Waals surface area (Å²) in [6, 6.07) is 16.0. The van der Waals surface area contributed by atoms with Gasteiger partial charge in [-0.2, -0.15) is 0 Å². The number of aromatic nitrogens is 1. The van der Waals surface area contributed by atoms with E-state index < -0.39 is 18.6 Å². The van der Waals surface area contributed by atoms with Gasteiger partial charge in [0.1, 0.15) is 17.6 Å². The summed E-state index contributed by atoms with van der Waals surface area (Å²) in [6.07, 6.45) is 0. The molecule has 1 aliphatic heterocycles. The number of amides is 2. The zero-order valence-corrected chi connectivity index (χ0v) is 16.9. The highest BCUT2D eigenvalue weighted by atomic mass is 19.1. The van der Waals surface area contributed by atoms with Crippen molar-refractivity contribution in [3.8, 4) is 0 Å². The van der Waals surface area contributed by atoms with Crippen LogP contribution in [0.5, 0.6) is 0 Å². The lowest BCUT2D eigenvalue weighted by molar-refractivity contribution is -0.134. The lowest BCUT2D eigenvalue weighted by Crippen LogP contribution is -2.56. The third-order valence-electron chi connectivity index (χ3n) is 5.40. The van der Waals surface area contributed by atoms with E-state index in [4.69, 9.17) is 0 Å². The van der Waals surface area contributed by atoms with E-state index >= 15 is 0 Å². The maximum Gasteiger partial charge on any atom is 0.270 e. The Morgan fingerprint density at radius 3 is 2.42 bits per heavy atom. The van der Waals surface area contributed by atoms with E-state index in [2.05, 4.69) is 15.2 Å². The first-order valence-corrected chi connectivity index (χ1v) is 10.1. The van der Waals surface area contributed by atoms with Crippen LogP contribution in [0.3, 0.4) is 0 Å². The van der Waals surface area contributed by atoms with E-state index in [9.17, 15) is 19.1 Å². The molecule has 4 rings (SSSR count). The van der Waals surface area contributed by atoms with Crippen LogP contribution in [0.15, 0.2) is 60.7 Å². The predicted molar refractivity (Wildman–Crippen MR) is 115 cm³/mol. The first-order valence-electron chi connectivity index (χ1n) is 10.1. The molecule has 0 unspecified atom stereocenters. The van der Waals surface area contributed by atoms with E-state index in [0.717, 1.165) is 11.1 Å². The third kappa shape index (κ3) is 4.64. The van der Waals surface area contributed by atoms with Gasteiger partial charge in [-0.3, -0.25) is 9.59 Å². The van der Waals surface area contributed by atoms with Crippen LogP contribution in [0, 0.1) is 5.82 Å². The zero-order valence-electron chi connectivity index (χ0n) is 16.9. The highest BCUT2D eigenvalue weighted by molar-refractivity contribution is 5.97. The number of halogens is 1. The molecule has 160 valence electrons. The normalized spacial score (nSPS) is 15.0. The molecule has 7 nitrogen and oxygen atoms in total. The molecule has 1 fully saturated rings. The molecule has 2 N–H and O–H groups in total. The lowest BCUT2D eigenvalue weighted by atomic mass is 10.2. The standard InChI is InChI=1S/C23H23FN4O3/c24-17-6-8-18(9-7-17)27-11-13-28(14-12-27)23(31)21(15-29)26-22(30)20-10-5-16-3-1-2-4-19(16)25-20/h1-10,21,29H,11-15H2,(H,26,30)/t21-/m0/s1. The van der Waals surface area contributed by atoms with E-state index in [1.54, 1.807) is 35.2 Å². The van der Waals surface area contributed by atoms with Crippen molar-refractivity contribution in [2.24, 2.45) is 0 Å². The summed E-state index contributed by atoms with van der Waals surface area (Å²) in [5.41, 5.74) is 1.76. The number of piperazine rings is 1. The maximum atomic E-state index is 13.1. The second kappa shape index (κ2) is 9.09. The van der Waals surface area contributed by atoms with E-state index in [1.165, 1.54) is 12.1 Å². The molecule has 0 saturated carbocycles. The molecule has 3 aromatic rings. The minimum Gasteiger partial charge on any atom is -0.394 e. The van der Waals surface area contributed by atoms with Gasteiger partial charge in [0.2, 0.25) is 5.91 Å². The second-order valence-corrected chi connectivity index (χ2v) is 7.39. The summed E-state index contributed by atoms with van der Waals surface area (Å²) >= 11 is 0. The number of nitrogens with zero attached hydrogens (tertiary/aromatic N) is 3. The summed E-state index contributed by atoms with van der Waals surface area (Å²) in [4.78, 5) is 33.5. The number of nitrogens with one attached hydrogen (secondary N) is 1. The van der Waals surface area contributed by atoms with Crippen molar-refractivity contribution in [3.05, 3.63) is 72.2 Å². The van der Waals surface area contributed by atoms with Crippen LogP contribution in [0.1, 0.15) is 10.5 Å². The zero-order chi connectivity index (χ0) is 21.8. The number of carbonyl (C=O) groups excluding carboxylic acids is 2. The van der Waals surface area contributed by atoms with Crippen LogP contribution in [-0.2, 0) is 4.79 Å². The number of hydrogen-bond acceptors (Lipinski definition) is 5. The van der Waals surface area contributed by atoms with Crippen molar-refractivity contribution in [2.45, 2.75) is 6.04 Å². The van der Waals surface area contributed by atoms with E-state index in [-0.39, 0.29) is 17.4 Å². The number of carbonyl (C=O) groups is 2. The van der Waals surface area contributed by atoms with Gasteiger partial charge in [0.05, 0.1) is 12.1 Å². The number of pyridine rings is 1. The molecule has 2 amide bonds. The topological polar surface area (TPSA) is 85.8 Å². The fourth-order valence-corrected chi connectivity index (χ4v) is 3.67. The number of benzene rings is 2. The SMILES string of the molecule is O=C(N[C@@H](CO)C(=O)N1CCN(c2ccc(F)cc2)CC1)c1ccc2ccccc2n1. The number of rotatable bonds is 5. The molecule has 2 heterocycles. The Morgan fingerprint density at radius 2 is 1.71 bits per heavy atom. The largest absolute Gasteiger partial charge is 0.394 e. The van der Waals surface area contributed by atoms with Gasteiger partial charge < -0.3 is 20.2 Å². The maximum absolute atomic E-state index is 13.1. The van der Waals surface area contributed by atoms with Crippen molar-refractivity contribution < 1.29 is 19.1 Å². The van der Waals surface area contributed by atoms with Crippen molar-refractivity contribution >= 4 is 28.4 Å². The summed E-state index contributed by atoms with van der Waals surface area (Å²) < 4.78 is 13.1. The van der Waals surface area contributed by atoms with Gasteiger partial charge in [-0.05, 0) is 36.4 Å². The molecule has 0 radical (unpaired) electrons.